The minimum Gasteiger partial charge on any atom is -0.475 e. The Kier molecular flexibility index (Phi) is 11.3. The number of thiazole rings is 1. The van der Waals surface area contributed by atoms with Crippen molar-refractivity contribution in [2.75, 3.05) is 13.6 Å². The van der Waals surface area contributed by atoms with E-state index in [0.717, 1.165) is 37.7 Å². The van der Waals surface area contributed by atoms with Crippen molar-refractivity contribution >= 4 is 23.3 Å². The van der Waals surface area contributed by atoms with Gasteiger partial charge in [-0.1, -0.05) is 0 Å². The lowest BCUT2D eigenvalue weighted by molar-refractivity contribution is -0.193. The molecule has 16 heteroatoms. The fourth-order valence-electron chi connectivity index (χ4n) is 2.78. The number of nitrogens with zero attached hydrogens (tertiary/aromatic N) is 5. The van der Waals surface area contributed by atoms with E-state index in [4.69, 9.17) is 19.8 Å². The van der Waals surface area contributed by atoms with Gasteiger partial charge in [-0.15, -0.1) is 11.3 Å². The van der Waals surface area contributed by atoms with Gasteiger partial charge in [-0.3, -0.25) is 9.80 Å². The molecular weight excluding hydrogens is 520 g/mol. The van der Waals surface area contributed by atoms with Gasteiger partial charge >= 0.3 is 24.3 Å². The monoisotopic (exact) mass is 547 g/mol. The average molecular weight is 548 g/mol. The Balaban J connectivity index is 0.000000383. The molecule has 1 aliphatic heterocycles. The molecule has 204 valence electrons. The molecular formula is C20H27F6N5O4S. The lowest BCUT2D eigenvalue weighted by atomic mass is 10.3. The first-order valence-corrected chi connectivity index (χ1v) is 11.3. The molecule has 3 heterocycles. The lowest BCUT2D eigenvalue weighted by Crippen LogP contribution is -2.35. The molecule has 2 aromatic heterocycles. The highest BCUT2D eigenvalue weighted by molar-refractivity contribution is 7.09. The summed E-state index contributed by atoms with van der Waals surface area (Å²) in [5.41, 5.74) is 2.51. The van der Waals surface area contributed by atoms with Crippen LogP contribution in [0.5, 0.6) is 0 Å². The maximum atomic E-state index is 10.6. The molecule has 0 spiro atoms. The van der Waals surface area contributed by atoms with E-state index in [2.05, 4.69) is 57.5 Å². The third-order valence-corrected chi connectivity index (χ3v) is 5.68. The van der Waals surface area contributed by atoms with E-state index in [1.165, 1.54) is 17.2 Å². The van der Waals surface area contributed by atoms with Crippen molar-refractivity contribution in [3.63, 3.8) is 0 Å². The Morgan fingerprint density at radius 3 is 2.06 bits per heavy atom. The molecule has 0 radical (unpaired) electrons. The Morgan fingerprint density at radius 2 is 1.64 bits per heavy atom. The molecule has 36 heavy (non-hydrogen) atoms. The predicted molar refractivity (Wildman–Crippen MR) is 117 cm³/mol. The van der Waals surface area contributed by atoms with Crippen molar-refractivity contribution in [3.05, 3.63) is 33.8 Å². The highest BCUT2D eigenvalue weighted by Gasteiger charge is 2.38. The third-order valence-electron chi connectivity index (χ3n) is 4.86. The second kappa shape index (κ2) is 13.0. The molecule has 0 saturated heterocycles. The summed E-state index contributed by atoms with van der Waals surface area (Å²) in [5.74, 6) is -4.33. The Hall–Kier alpha value is -2.72. The second-order valence-electron chi connectivity index (χ2n) is 8.00. The van der Waals surface area contributed by atoms with Crippen molar-refractivity contribution in [2.45, 2.75) is 65.3 Å². The molecule has 2 N–H and O–H groups in total. The zero-order valence-electron chi connectivity index (χ0n) is 19.9. The van der Waals surface area contributed by atoms with Crippen molar-refractivity contribution in [2.24, 2.45) is 0 Å². The van der Waals surface area contributed by atoms with E-state index in [1.54, 1.807) is 11.3 Å². The Bertz CT molecular complexity index is 982. The number of aromatic nitrogens is 3. The number of hydrogen-bond acceptors (Lipinski definition) is 7. The largest absolute Gasteiger partial charge is 0.490 e. The first-order valence-electron chi connectivity index (χ1n) is 10.4. The number of alkyl halides is 6. The molecule has 0 atom stereocenters. The predicted octanol–water partition coefficient (Wildman–Crippen LogP) is 3.77. The zero-order valence-corrected chi connectivity index (χ0v) is 20.7. The number of imidazole rings is 1. The van der Waals surface area contributed by atoms with E-state index >= 15 is 0 Å². The zero-order chi connectivity index (χ0) is 27.8. The fraction of sp³-hybridized carbons (Fsp3) is 0.600. The third kappa shape index (κ3) is 10.5. The van der Waals surface area contributed by atoms with Gasteiger partial charge in [0, 0.05) is 43.8 Å². The van der Waals surface area contributed by atoms with Crippen LogP contribution in [0.15, 0.2) is 11.6 Å². The van der Waals surface area contributed by atoms with Gasteiger partial charge < -0.3 is 14.8 Å². The maximum absolute atomic E-state index is 10.6. The lowest BCUT2D eigenvalue weighted by Gasteiger charge is -2.29. The number of aliphatic carboxylic acids is 2. The van der Waals surface area contributed by atoms with E-state index in [-0.39, 0.29) is 0 Å². The van der Waals surface area contributed by atoms with E-state index in [1.807, 2.05) is 6.20 Å². The van der Waals surface area contributed by atoms with Gasteiger partial charge in [0.1, 0.15) is 5.82 Å². The molecule has 3 rings (SSSR count). The maximum Gasteiger partial charge on any atom is 0.490 e. The molecule has 0 aliphatic carbocycles. The van der Waals surface area contributed by atoms with Crippen molar-refractivity contribution in [3.8, 4) is 0 Å². The molecule has 2 aromatic rings. The van der Waals surface area contributed by atoms with Gasteiger partial charge in [-0.05, 0) is 27.8 Å². The first-order chi connectivity index (χ1) is 16.4. The standard InChI is InChI=1S/C16H25N5S.2C2HF3O2/c1-12(2)19(4)9-15-7-17-16-10-20(5-6-21(15)16)8-14-11-22-13(3)18-14;2*3-2(4,5)1(6)7/h7,11-12H,5-6,8-10H2,1-4H3;2*(H,6,7). The number of carbonyl (C=O) groups is 2. The van der Waals surface area contributed by atoms with Crippen LogP contribution in [0.3, 0.4) is 0 Å². The molecule has 0 aromatic carbocycles. The average Bonchev–Trinajstić information content (AvgIpc) is 3.33. The van der Waals surface area contributed by atoms with Crippen LogP contribution in [-0.2, 0) is 35.8 Å². The van der Waals surface area contributed by atoms with Gasteiger partial charge in [0.2, 0.25) is 0 Å². The van der Waals surface area contributed by atoms with Gasteiger partial charge in [0.05, 0.1) is 22.9 Å². The Labute approximate surface area is 207 Å². The molecule has 0 bridgehead atoms. The van der Waals surface area contributed by atoms with E-state index in [9.17, 15) is 26.3 Å². The van der Waals surface area contributed by atoms with Crippen LogP contribution < -0.4 is 0 Å². The summed E-state index contributed by atoms with van der Waals surface area (Å²) in [4.78, 5) is 31.8. The highest BCUT2D eigenvalue weighted by atomic mass is 32.1. The summed E-state index contributed by atoms with van der Waals surface area (Å²) < 4.78 is 65.9. The van der Waals surface area contributed by atoms with Crippen molar-refractivity contribution in [1.82, 2.24) is 24.3 Å². The molecule has 0 fully saturated rings. The van der Waals surface area contributed by atoms with Gasteiger partial charge in [0.25, 0.3) is 0 Å². The number of rotatable bonds is 5. The number of aryl methyl sites for hydroxylation is 1. The minimum absolute atomic E-state index is 0.555. The molecule has 0 unspecified atom stereocenters. The SMILES string of the molecule is Cc1nc(CN2CCn3c(CN(C)C(C)C)cnc3C2)cs1.O=C(O)C(F)(F)F.O=C(O)C(F)(F)F. The summed E-state index contributed by atoms with van der Waals surface area (Å²) in [6.07, 6.45) is -8.12. The number of fused-ring (bicyclic) bond motifs is 1. The number of halogens is 6. The smallest absolute Gasteiger partial charge is 0.475 e. The molecule has 9 nitrogen and oxygen atoms in total. The topological polar surface area (TPSA) is 112 Å². The van der Waals surface area contributed by atoms with Gasteiger partial charge in [-0.2, -0.15) is 26.3 Å². The quantitative estimate of drug-likeness (QED) is 0.545. The summed E-state index contributed by atoms with van der Waals surface area (Å²) in [5, 5.41) is 17.6. The van der Waals surface area contributed by atoms with Crippen LogP contribution in [0.25, 0.3) is 0 Å². The Morgan fingerprint density at radius 1 is 1.11 bits per heavy atom. The highest BCUT2D eigenvalue weighted by Crippen LogP contribution is 2.19. The van der Waals surface area contributed by atoms with Crippen molar-refractivity contribution in [1.29, 1.82) is 0 Å². The van der Waals surface area contributed by atoms with Crippen LogP contribution in [0.1, 0.15) is 36.1 Å². The van der Waals surface area contributed by atoms with E-state index in [0.29, 0.717) is 6.04 Å². The summed E-state index contributed by atoms with van der Waals surface area (Å²) in [7, 11) is 2.17. The summed E-state index contributed by atoms with van der Waals surface area (Å²) in [6, 6.07) is 0.555. The summed E-state index contributed by atoms with van der Waals surface area (Å²) >= 11 is 1.73. The fourth-order valence-corrected chi connectivity index (χ4v) is 3.39. The minimum atomic E-state index is -5.08. The molecule has 0 amide bonds. The molecule has 0 saturated carbocycles. The summed E-state index contributed by atoms with van der Waals surface area (Å²) in [6.45, 7) is 11.4. The normalized spacial score (nSPS) is 14.0. The molecule has 1 aliphatic rings. The number of carboxylic acids is 2. The first kappa shape index (κ1) is 31.3. The second-order valence-corrected chi connectivity index (χ2v) is 9.06. The van der Waals surface area contributed by atoms with Gasteiger partial charge in [-0.25, -0.2) is 19.6 Å². The van der Waals surface area contributed by atoms with E-state index < -0.39 is 24.3 Å². The van der Waals surface area contributed by atoms with Crippen LogP contribution >= 0.6 is 11.3 Å². The van der Waals surface area contributed by atoms with Crippen LogP contribution in [0.4, 0.5) is 26.3 Å². The van der Waals surface area contributed by atoms with Gasteiger partial charge in [0.15, 0.2) is 0 Å². The van der Waals surface area contributed by atoms with Crippen LogP contribution in [0.2, 0.25) is 0 Å². The van der Waals surface area contributed by atoms with Crippen LogP contribution in [-0.4, -0.2) is 78.5 Å². The number of hydrogen-bond donors (Lipinski definition) is 2. The number of carboxylic acid groups (broad SMARTS) is 2. The van der Waals surface area contributed by atoms with Crippen LogP contribution in [0, 0.1) is 6.92 Å². The van der Waals surface area contributed by atoms with Crippen molar-refractivity contribution < 1.29 is 46.1 Å².